The largest absolute Gasteiger partial charge is 0.352 e. The number of amides is 2. The van der Waals surface area contributed by atoms with Crippen LogP contribution >= 0.6 is 11.8 Å². The van der Waals surface area contributed by atoms with Crippen molar-refractivity contribution in [2.45, 2.75) is 63.3 Å². The second kappa shape index (κ2) is 12.6. The molecule has 0 aromatic heterocycles. The number of thioether (sulfide) groups is 1. The third-order valence-corrected chi connectivity index (χ3v) is 6.96. The van der Waals surface area contributed by atoms with Gasteiger partial charge >= 0.3 is 0 Å². The zero-order valence-corrected chi connectivity index (χ0v) is 19.3. The van der Waals surface area contributed by atoms with Crippen LogP contribution in [0.25, 0.3) is 0 Å². The number of nitrogens with zero attached hydrogens (tertiary/aromatic N) is 1. The third kappa shape index (κ3) is 7.73. The lowest BCUT2D eigenvalue weighted by atomic mass is 10.1. The molecule has 1 atom stereocenters. The highest BCUT2D eigenvalue weighted by Gasteiger charge is 2.27. The summed E-state index contributed by atoms with van der Waals surface area (Å²) in [7, 11) is 0. The lowest BCUT2D eigenvalue weighted by Gasteiger charge is -2.29. The molecule has 1 aliphatic rings. The van der Waals surface area contributed by atoms with E-state index in [0.29, 0.717) is 13.0 Å². The number of carbonyl (C=O) groups is 2. The van der Waals surface area contributed by atoms with Crippen molar-refractivity contribution < 1.29 is 9.59 Å². The van der Waals surface area contributed by atoms with Crippen molar-refractivity contribution in [3.63, 3.8) is 0 Å². The van der Waals surface area contributed by atoms with E-state index in [0.717, 1.165) is 30.8 Å². The van der Waals surface area contributed by atoms with Gasteiger partial charge in [-0.15, -0.1) is 0 Å². The van der Waals surface area contributed by atoms with Crippen LogP contribution in [0.5, 0.6) is 0 Å². The lowest BCUT2D eigenvalue weighted by molar-refractivity contribution is -0.139. The van der Waals surface area contributed by atoms with Crippen molar-refractivity contribution in [3.8, 4) is 0 Å². The van der Waals surface area contributed by atoms with E-state index in [1.807, 2.05) is 43.3 Å². The van der Waals surface area contributed by atoms with E-state index in [2.05, 4.69) is 29.6 Å². The summed E-state index contributed by atoms with van der Waals surface area (Å²) in [5.41, 5.74) is 2.45. The first-order valence-electron chi connectivity index (χ1n) is 11.4. The summed E-state index contributed by atoms with van der Waals surface area (Å²) in [6.45, 7) is 2.43. The minimum absolute atomic E-state index is 0.0229. The number of hydrogen-bond donors (Lipinski definition) is 1. The van der Waals surface area contributed by atoms with E-state index < -0.39 is 6.04 Å². The molecule has 1 saturated carbocycles. The molecule has 1 N–H and O–H groups in total. The number of carbonyl (C=O) groups excluding carboxylic acids is 2. The van der Waals surface area contributed by atoms with E-state index in [-0.39, 0.29) is 17.9 Å². The molecule has 0 bridgehead atoms. The summed E-state index contributed by atoms with van der Waals surface area (Å²) in [5, 5.41) is 3.16. The highest BCUT2D eigenvalue weighted by Crippen LogP contribution is 2.19. The Balaban J connectivity index is 1.55. The first-order valence-corrected chi connectivity index (χ1v) is 12.5. The van der Waals surface area contributed by atoms with Crippen LogP contribution in [0, 0.1) is 0 Å². The van der Waals surface area contributed by atoms with Gasteiger partial charge in [0, 0.05) is 30.5 Å². The molecule has 0 heterocycles. The van der Waals surface area contributed by atoms with Gasteiger partial charge < -0.3 is 10.2 Å². The Hall–Kier alpha value is -2.27. The van der Waals surface area contributed by atoms with Crippen LogP contribution in [0.1, 0.15) is 50.2 Å². The summed E-state index contributed by atoms with van der Waals surface area (Å²) >= 11 is 1.76. The van der Waals surface area contributed by atoms with Crippen molar-refractivity contribution in [3.05, 3.63) is 71.8 Å². The van der Waals surface area contributed by atoms with Crippen LogP contribution in [-0.4, -0.2) is 41.1 Å². The first kappa shape index (κ1) is 23.4. The number of benzene rings is 2. The molecule has 3 rings (SSSR count). The predicted octanol–water partition coefficient (Wildman–Crippen LogP) is 4.83. The maximum atomic E-state index is 13.1. The minimum atomic E-state index is -0.448. The van der Waals surface area contributed by atoms with Gasteiger partial charge in [0.15, 0.2) is 0 Å². The van der Waals surface area contributed by atoms with Crippen LogP contribution in [0.3, 0.4) is 0 Å². The van der Waals surface area contributed by atoms with E-state index in [1.165, 1.54) is 24.0 Å². The monoisotopic (exact) mass is 438 g/mol. The summed E-state index contributed by atoms with van der Waals surface area (Å²) in [4.78, 5) is 27.7. The number of hydrogen-bond acceptors (Lipinski definition) is 3. The molecule has 2 amide bonds. The van der Waals surface area contributed by atoms with Gasteiger partial charge in [-0.25, -0.2) is 0 Å². The minimum Gasteiger partial charge on any atom is -0.352 e. The van der Waals surface area contributed by atoms with Gasteiger partial charge in [-0.3, -0.25) is 9.59 Å². The van der Waals surface area contributed by atoms with E-state index in [1.54, 1.807) is 16.7 Å². The van der Waals surface area contributed by atoms with Gasteiger partial charge in [-0.05, 0) is 37.3 Å². The normalized spacial score (nSPS) is 14.9. The van der Waals surface area contributed by atoms with Crippen LogP contribution in [0.15, 0.2) is 60.7 Å². The van der Waals surface area contributed by atoms with Crippen LogP contribution in [0.4, 0.5) is 0 Å². The zero-order valence-electron chi connectivity index (χ0n) is 18.5. The van der Waals surface area contributed by atoms with Crippen LogP contribution < -0.4 is 5.32 Å². The molecule has 5 heteroatoms. The third-order valence-electron chi connectivity index (χ3n) is 5.92. The van der Waals surface area contributed by atoms with Crippen molar-refractivity contribution in [2.75, 3.05) is 12.3 Å². The Morgan fingerprint density at radius 3 is 2.26 bits per heavy atom. The maximum absolute atomic E-state index is 13.1. The molecule has 1 unspecified atom stereocenters. The second-order valence-electron chi connectivity index (χ2n) is 8.28. The van der Waals surface area contributed by atoms with Gasteiger partial charge in [0.2, 0.25) is 11.8 Å². The van der Waals surface area contributed by atoms with Gasteiger partial charge in [-0.2, -0.15) is 11.8 Å². The fourth-order valence-electron chi connectivity index (χ4n) is 4.03. The van der Waals surface area contributed by atoms with E-state index in [4.69, 9.17) is 0 Å². The van der Waals surface area contributed by atoms with Gasteiger partial charge in [0.1, 0.15) is 6.04 Å². The molecule has 2 aromatic rings. The van der Waals surface area contributed by atoms with Crippen molar-refractivity contribution in [1.29, 1.82) is 0 Å². The number of rotatable bonds is 11. The molecular weight excluding hydrogens is 404 g/mol. The van der Waals surface area contributed by atoms with E-state index >= 15 is 0 Å². The second-order valence-corrected chi connectivity index (χ2v) is 9.38. The Bertz CT molecular complexity index is 807. The Morgan fingerprint density at radius 1 is 1.00 bits per heavy atom. The SMILES string of the molecule is CC(C(=O)NC1CCCC1)N(CCc1ccccc1)C(=O)CCSCc1ccccc1. The van der Waals surface area contributed by atoms with E-state index in [9.17, 15) is 9.59 Å². The summed E-state index contributed by atoms with van der Waals surface area (Å²) in [5.74, 6) is 1.69. The summed E-state index contributed by atoms with van der Waals surface area (Å²) in [6.07, 6.45) is 5.65. The zero-order chi connectivity index (χ0) is 21.9. The Labute approximate surface area is 190 Å². The smallest absolute Gasteiger partial charge is 0.242 e. The Morgan fingerprint density at radius 2 is 1.61 bits per heavy atom. The molecule has 31 heavy (non-hydrogen) atoms. The summed E-state index contributed by atoms with van der Waals surface area (Å²) < 4.78 is 0. The van der Waals surface area contributed by atoms with Crippen LogP contribution in [0.2, 0.25) is 0 Å². The highest BCUT2D eigenvalue weighted by molar-refractivity contribution is 7.98. The van der Waals surface area contributed by atoms with Crippen molar-refractivity contribution >= 4 is 23.6 Å². The molecule has 166 valence electrons. The molecule has 0 aliphatic heterocycles. The quantitative estimate of drug-likeness (QED) is 0.511. The number of nitrogens with one attached hydrogen (secondary N) is 1. The predicted molar refractivity (Wildman–Crippen MR) is 129 cm³/mol. The molecular formula is C26H34N2O2S. The van der Waals surface area contributed by atoms with Crippen LogP contribution in [-0.2, 0) is 21.8 Å². The topological polar surface area (TPSA) is 49.4 Å². The first-order chi connectivity index (χ1) is 15.1. The molecule has 1 aliphatic carbocycles. The highest BCUT2D eigenvalue weighted by atomic mass is 32.2. The van der Waals surface area contributed by atoms with Gasteiger partial charge in [0.05, 0.1) is 0 Å². The molecule has 0 saturated heterocycles. The molecule has 2 aromatic carbocycles. The molecule has 4 nitrogen and oxygen atoms in total. The van der Waals surface area contributed by atoms with Crippen molar-refractivity contribution in [1.82, 2.24) is 10.2 Å². The standard InChI is InChI=1S/C26H34N2O2S/c1-21(26(30)27-24-14-8-9-15-24)28(18-16-22-10-4-2-5-11-22)25(29)17-19-31-20-23-12-6-3-7-13-23/h2-7,10-13,21,24H,8-9,14-20H2,1H3,(H,27,30). The molecule has 1 fully saturated rings. The molecule has 0 spiro atoms. The van der Waals surface area contributed by atoms with Gasteiger partial charge in [0.25, 0.3) is 0 Å². The average Bonchev–Trinajstić information content (AvgIpc) is 3.31. The molecule has 0 radical (unpaired) electrons. The fraction of sp³-hybridized carbons (Fsp3) is 0.462. The lowest BCUT2D eigenvalue weighted by Crippen LogP contribution is -2.50. The van der Waals surface area contributed by atoms with Gasteiger partial charge in [-0.1, -0.05) is 73.5 Å². The maximum Gasteiger partial charge on any atom is 0.242 e. The average molecular weight is 439 g/mol. The Kier molecular flexibility index (Phi) is 9.47. The summed E-state index contributed by atoms with van der Waals surface area (Å²) in [6, 6.07) is 20.3. The van der Waals surface area contributed by atoms with Crippen molar-refractivity contribution in [2.24, 2.45) is 0 Å². The fourth-order valence-corrected chi connectivity index (χ4v) is 4.92.